The Labute approximate surface area is 170 Å². The van der Waals surface area contributed by atoms with Crippen LogP contribution in [0.1, 0.15) is 31.2 Å². The Morgan fingerprint density at radius 3 is 2.82 bits per heavy atom. The Morgan fingerprint density at radius 1 is 1.29 bits per heavy atom. The predicted octanol–water partition coefficient (Wildman–Crippen LogP) is 3.84. The highest BCUT2D eigenvalue weighted by atomic mass is 32.2. The molecule has 28 heavy (non-hydrogen) atoms. The van der Waals surface area contributed by atoms with Crippen molar-refractivity contribution in [2.45, 2.75) is 31.0 Å². The van der Waals surface area contributed by atoms with Crippen molar-refractivity contribution >= 4 is 45.8 Å². The molecule has 11 heteroatoms. The molecule has 0 fully saturated rings. The van der Waals surface area contributed by atoms with Crippen LogP contribution < -0.4 is 15.4 Å². The number of carbonyl (C=O) groups excluding carboxylic acids is 1. The maximum Gasteiger partial charge on any atom is 0.322 e. The van der Waals surface area contributed by atoms with Crippen molar-refractivity contribution in [3.8, 4) is 5.75 Å². The lowest BCUT2D eigenvalue weighted by molar-refractivity contribution is -0.113. The third-order valence-electron chi connectivity index (χ3n) is 3.51. The van der Waals surface area contributed by atoms with E-state index in [4.69, 9.17) is 9.15 Å². The van der Waals surface area contributed by atoms with Crippen LogP contribution in [0.3, 0.4) is 0 Å². The van der Waals surface area contributed by atoms with Crippen LogP contribution in [-0.4, -0.2) is 39.2 Å². The number of nitrogens with zero attached hydrogens (tertiary/aromatic N) is 4. The molecule has 2 aromatic heterocycles. The molecular weight excluding hydrogens is 400 g/mol. The first-order valence-corrected chi connectivity index (χ1v) is 10.3. The average Bonchev–Trinajstić information content (AvgIpc) is 3.30. The number of rotatable bonds is 8. The molecule has 1 amide bonds. The minimum atomic E-state index is -0.256. The number of amides is 1. The summed E-state index contributed by atoms with van der Waals surface area (Å²) in [6, 6.07) is 5.93. The zero-order valence-corrected chi connectivity index (χ0v) is 17.5. The number of carbonyl (C=O) groups is 1. The third-order valence-corrected chi connectivity index (χ3v) is 5.48. The fourth-order valence-electron chi connectivity index (χ4n) is 2.15. The molecule has 0 spiro atoms. The van der Waals surface area contributed by atoms with E-state index in [9.17, 15) is 4.79 Å². The Morgan fingerprint density at radius 2 is 2.11 bits per heavy atom. The monoisotopic (exact) mass is 420 g/mol. The molecule has 0 bridgehead atoms. The van der Waals surface area contributed by atoms with E-state index < -0.39 is 0 Å². The lowest BCUT2D eigenvalue weighted by atomic mass is 10.2. The van der Waals surface area contributed by atoms with Crippen molar-refractivity contribution < 1.29 is 13.9 Å². The van der Waals surface area contributed by atoms with Gasteiger partial charge in [0.2, 0.25) is 16.9 Å². The van der Waals surface area contributed by atoms with Gasteiger partial charge in [-0.15, -0.1) is 15.3 Å². The van der Waals surface area contributed by atoms with Gasteiger partial charge in [0, 0.05) is 5.92 Å². The molecule has 0 saturated heterocycles. The van der Waals surface area contributed by atoms with Crippen molar-refractivity contribution in [2.24, 2.45) is 0 Å². The van der Waals surface area contributed by atoms with Gasteiger partial charge in [0.25, 0.3) is 0 Å². The molecule has 0 atom stereocenters. The van der Waals surface area contributed by atoms with E-state index in [0.717, 1.165) is 17.0 Å². The summed E-state index contributed by atoms with van der Waals surface area (Å²) in [6.45, 7) is 5.86. The first kappa shape index (κ1) is 20.1. The highest BCUT2D eigenvalue weighted by Gasteiger charge is 2.14. The molecule has 3 aromatic rings. The molecule has 3 rings (SSSR count). The van der Waals surface area contributed by atoms with Gasteiger partial charge >= 0.3 is 6.01 Å². The number of ether oxygens (including phenoxy) is 1. The van der Waals surface area contributed by atoms with E-state index >= 15 is 0 Å². The number of aromatic nitrogens is 4. The minimum absolute atomic E-state index is 0.0976. The number of aryl methyl sites for hydroxylation is 1. The molecule has 1 aromatic carbocycles. The van der Waals surface area contributed by atoms with Crippen LogP contribution in [0.25, 0.3) is 0 Å². The molecule has 0 aliphatic heterocycles. The van der Waals surface area contributed by atoms with Gasteiger partial charge in [-0.2, -0.15) is 0 Å². The average molecular weight is 421 g/mol. The van der Waals surface area contributed by atoms with Crippen molar-refractivity contribution in [2.75, 3.05) is 23.5 Å². The Kier molecular flexibility index (Phi) is 6.47. The van der Waals surface area contributed by atoms with Crippen LogP contribution >= 0.6 is 23.1 Å². The number of hydrogen-bond acceptors (Lipinski definition) is 10. The number of hydrogen-bond donors (Lipinski definition) is 2. The van der Waals surface area contributed by atoms with E-state index in [2.05, 4.69) is 31.0 Å². The standard InChI is InChI=1S/C17H20N6O3S2/c1-9(2)14-20-21-15(26-14)19-13(24)8-27-17-23-22-16(28-17)18-11-7-10(3)5-6-12(11)25-4/h5-7,9H,8H2,1-4H3,(H,18,22)(H,19,21,24). The first-order chi connectivity index (χ1) is 13.4. The van der Waals surface area contributed by atoms with Gasteiger partial charge < -0.3 is 14.5 Å². The molecule has 2 heterocycles. The summed E-state index contributed by atoms with van der Waals surface area (Å²) in [5.41, 5.74) is 1.91. The fourth-order valence-corrected chi connectivity index (χ4v) is 3.72. The summed E-state index contributed by atoms with van der Waals surface area (Å²) < 4.78 is 11.4. The largest absolute Gasteiger partial charge is 0.495 e. The summed E-state index contributed by atoms with van der Waals surface area (Å²) in [6.07, 6.45) is 0. The van der Waals surface area contributed by atoms with Crippen LogP contribution in [0.5, 0.6) is 5.75 Å². The summed E-state index contributed by atoms with van der Waals surface area (Å²) in [5.74, 6) is 1.20. The van der Waals surface area contributed by atoms with Crippen molar-refractivity contribution in [1.82, 2.24) is 20.4 Å². The number of anilines is 3. The Balaban J connectivity index is 1.54. The molecular formula is C17H20N6O3S2. The molecule has 0 saturated carbocycles. The van der Waals surface area contributed by atoms with Gasteiger partial charge in [-0.3, -0.25) is 10.1 Å². The molecule has 0 aliphatic carbocycles. The quantitative estimate of drug-likeness (QED) is 0.524. The van der Waals surface area contributed by atoms with E-state index in [1.165, 1.54) is 23.1 Å². The third kappa shape index (κ3) is 5.20. The molecule has 2 N–H and O–H groups in total. The van der Waals surface area contributed by atoms with E-state index in [0.29, 0.717) is 15.4 Å². The molecule has 0 aliphatic rings. The Hall–Kier alpha value is -2.66. The molecule has 0 radical (unpaired) electrons. The number of nitrogens with one attached hydrogen (secondary N) is 2. The highest BCUT2D eigenvalue weighted by molar-refractivity contribution is 8.01. The van der Waals surface area contributed by atoms with Crippen LogP contribution in [0.2, 0.25) is 0 Å². The van der Waals surface area contributed by atoms with Crippen LogP contribution in [0.4, 0.5) is 16.8 Å². The summed E-state index contributed by atoms with van der Waals surface area (Å²) in [7, 11) is 1.61. The summed E-state index contributed by atoms with van der Waals surface area (Å²) in [4.78, 5) is 12.0. The molecule has 0 unspecified atom stereocenters. The lowest BCUT2D eigenvalue weighted by Crippen LogP contribution is -2.14. The maximum atomic E-state index is 12.0. The van der Waals surface area contributed by atoms with E-state index in [1.807, 2.05) is 39.0 Å². The molecule has 148 valence electrons. The topological polar surface area (TPSA) is 115 Å². The smallest absolute Gasteiger partial charge is 0.322 e. The maximum absolute atomic E-state index is 12.0. The highest BCUT2D eigenvalue weighted by Crippen LogP contribution is 2.32. The minimum Gasteiger partial charge on any atom is -0.495 e. The summed E-state index contributed by atoms with van der Waals surface area (Å²) in [5, 5.41) is 22.3. The zero-order chi connectivity index (χ0) is 20.1. The molecule has 9 nitrogen and oxygen atoms in total. The van der Waals surface area contributed by atoms with Gasteiger partial charge in [0.15, 0.2) is 4.34 Å². The predicted molar refractivity (Wildman–Crippen MR) is 109 cm³/mol. The Bertz CT molecular complexity index is 956. The van der Waals surface area contributed by atoms with Gasteiger partial charge in [0.05, 0.1) is 18.6 Å². The second kappa shape index (κ2) is 9.02. The van der Waals surface area contributed by atoms with Gasteiger partial charge in [-0.1, -0.05) is 48.1 Å². The summed E-state index contributed by atoms with van der Waals surface area (Å²) >= 11 is 2.63. The second-order valence-corrected chi connectivity index (χ2v) is 8.34. The van der Waals surface area contributed by atoms with Gasteiger partial charge in [-0.05, 0) is 24.6 Å². The zero-order valence-electron chi connectivity index (χ0n) is 15.8. The second-order valence-electron chi connectivity index (χ2n) is 6.14. The van der Waals surface area contributed by atoms with Crippen LogP contribution in [-0.2, 0) is 4.79 Å². The van der Waals surface area contributed by atoms with Crippen LogP contribution in [0.15, 0.2) is 27.0 Å². The van der Waals surface area contributed by atoms with E-state index in [1.54, 1.807) is 7.11 Å². The van der Waals surface area contributed by atoms with E-state index in [-0.39, 0.29) is 23.6 Å². The lowest BCUT2D eigenvalue weighted by Gasteiger charge is -2.09. The van der Waals surface area contributed by atoms with Gasteiger partial charge in [-0.25, -0.2) is 0 Å². The van der Waals surface area contributed by atoms with Crippen molar-refractivity contribution in [1.29, 1.82) is 0 Å². The van der Waals surface area contributed by atoms with Crippen molar-refractivity contribution in [3.05, 3.63) is 29.7 Å². The van der Waals surface area contributed by atoms with Gasteiger partial charge in [0.1, 0.15) is 5.75 Å². The number of benzene rings is 1. The van der Waals surface area contributed by atoms with Crippen molar-refractivity contribution in [3.63, 3.8) is 0 Å². The normalized spacial score (nSPS) is 10.9. The SMILES string of the molecule is COc1ccc(C)cc1Nc1nnc(SCC(=O)Nc2nnc(C(C)C)o2)s1. The van der Waals surface area contributed by atoms with Crippen LogP contribution in [0, 0.1) is 6.92 Å². The first-order valence-electron chi connectivity index (χ1n) is 8.46. The number of thioether (sulfide) groups is 1. The number of methoxy groups -OCH3 is 1. The fraction of sp³-hybridized carbons (Fsp3) is 0.353.